The van der Waals surface area contributed by atoms with E-state index in [1.54, 1.807) is 13.2 Å². The molecule has 0 fully saturated rings. The normalized spacial score (nSPS) is 12.0. The Morgan fingerprint density at radius 2 is 2.12 bits per heavy atom. The summed E-state index contributed by atoms with van der Waals surface area (Å²) in [5.74, 6) is 2.26. The average Bonchev–Trinajstić information content (AvgIpc) is 3.05. The molecule has 8 heteroatoms. The van der Waals surface area contributed by atoms with Gasteiger partial charge >= 0.3 is 0 Å². The molecule has 1 N–H and O–H groups in total. The first-order valence-corrected chi connectivity index (χ1v) is 8.63. The molecule has 0 spiro atoms. The number of aromatic nitrogens is 2. The van der Waals surface area contributed by atoms with Crippen molar-refractivity contribution < 1.29 is 14.0 Å². The van der Waals surface area contributed by atoms with Crippen molar-refractivity contribution in [3.8, 4) is 11.5 Å². The Morgan fingerprint density at radius 3 is 2.77 bits per heavy atom. The fraction of sp³-hybridized carbons (Fsp3) is 0.444. The number of methoxy groups -OCH3 is 1. The van der Waals surface area contributed by atoms with Crippen LogP contribution in [0, 0.1) is 0 Å². The zero-order valence-corrected chi connectivity index (χ0v) is 17.0. The molecule has 0 radical (unpaired) electrons. The van der Waals surface area contributed by atoms with Gasteiger partial charge in [-0.3, -0.25) is 0 Å². The van der Waals surface area contributed by atoms with Gasteiger partial charge in [-0.05, 0) is 44.2 Å². The topological polar surface area (TPSA) is 69.4 Å². The van der Waals surface area contributed by atoms with Gasteiger partial charge in [0.1, 0.15) is 0 Å². The zero-order chi connectivity index (χ0) is 18.2. The van der Waals surface area contributed by atoms with Gasteiger partial charge in [0.25, 0.3) is 5.89 Å². The highest BCUT2D eigenvalue weighted by atomic mass is 35.5. The number of halogens is 2. The number of hydrogen-bond acceptors (Lipinski definition) is 6. The van der Waals surface area contributed by atoms with Crippen LogP contribution in [0.1, 0.15) is 37.5 Å². The van der Waals surface area contributed by atoms with Gasteiger partial charge in [0, 0.05) is 18.5 Å². The Morgan fingerprint density at radius 1 is 1.35 bits per heavy atom. The Hall–Kier alpha value is -1.76. The fourth-order valence-corrected chi connectivity index (χ4v) is 2.42. The lowest BCUT2D eigenvalue weighted by molar-refractivity contribution is 0.294. The molecule has 1 aromatic carbocycles. The molecule has 2 aromatic rings. The lowest BCUT2D eigenvalue weighted by Gasteiger charge is -2.12. The minimum absolute atomic E-state index is 0. The van der Waals surface area contributed by atoms with Crippen LogP contribution in [0.15, 0.2) is 16.7 Å². The van der Waals surface area contributed by atoms with Crippen molar-refractivity contribution in [2.24, 2.45) is 0 Å². The van der Waals surface area contributed by atoms with E-state index in [0.717, 1.165) is 12.0 Å². The second kappa shape index (κ2) is 11.1. The van der Waals surface area contributed by atoms with E-state index in [1.807, 2.05) is 32.2 Å². The van der Waals surface area contributed by atoms with E-state index >= 15 is 0 Å². The first-order chi connectivity index (χ1) is 12.1. The standard InChI is InChI=1S/C18H24ClN3O3.ClH/c1-5-8-24-18-14(19)10-13(11-15(18)23-4)6-7-17-21-16(22-25-17)9-12(2)20-3;/h6-7,10-12,20H,5,8-9H2,1-4H3;1H/b7-6+;. The van der Waals surface area contributed by atoms with E-state index < -0.39 is 0 Å². The molecule has 1 atom stereocenters. The van der Waals surface area contributed by atoms with Crippen molar-refractivity contribution in [2.45, 2.75) is 32.7 Å². The molecule has 0 saturated heterocycles. The number of nitrogens with one attached hydrogen (secondary N) is 1. The fourth-order valence-electron chi connectivity index (χ4n) is 2.14. The van der Waals surface area contributed by atoms with Crippen molar-refractivity contribution in [1.82, 2.24) is 15.5 Å². The van der Waals surface area contributed by atoms with Crippen molar-refractivity contribution >= 4 is 36.2 Å². The van der Waals surface area contributed by atoms with Crippen LogP contribution in [0.25, 0.3) is 12.2 Å². The molecule has 144 valence electrons. The van der Waals surface area contributed by atoms with Crippen LogP contribution in [-0.4, -0.2) is 36.9 Å². The molecule has 1 unspecified atom stereocenters. The monoisotopic (exact) mass is 401 g/mol. The van der Waals surface area contributed by atoms with Gasteiger partial charge < -0.3 is 19.3 Å². The highest BCUT2D eigenvalue weighted by Crippen LogP contribution is 2.37. The van der Waals surface area contributed by atoms with E-state index in [9.17, 15) is 0 Å². The van der Waals surface area contributed by atoms with E-state index in [2.05, 4.69) is 22.4 Å². The highest BCUT2D eigenvalue weighted by Gasteiger charge is 2.11. The Labute approximate surface area is 165 Å². The molecule has 0 saturated carbocycles. The first kappa shape index (κ1) is 22.3. The number of benzene rings is 1. The maximum Gasteiger partial charge on any atom is 0.250 e. The van der Waals surface area contributed by atoms with Crippen LogP contribution in [0.4, 0.5) is 0 Å². The molecule has 0 aliphatic carbocycles. The predicted molar refractivity (Wildman–Crippen MR) is 106 cm³/mol. The predicted octanol–water partition coefficient (Wildman–Crippen LogP) is 4.26. The number of likely N-dealkylation sites (N-methyl/N-ethyl adjacent to an activating group) is 1. The molecule has 0 aliphatic heterocycles. The molecule has 0 aliphatic rings. The molecule has 6 nitrogen and oxygen atoms in total. The van der Waals surface area contributed by atoms with Crippen LogP contribution in [-0.2, 0) is 6.42 Å². The van der Waals surface area contributed by atoms with Gasteiger partial charge in [-0.2, -0.15) is 4.98 Å². The zero-order valence-electron chi connectivity index (χ0n) is 15.4. The Balaban J connectivity index is 0.00000338. The van der Waals surface area contributed by atoms with Crippen molar-refractivity contribution in [2.75, 3.05) is 20.8 Å². The summed E-state index contributed by atoms with van der Waals surface area (Å²) in [4.78, 5) is 4.34. The van der Waals surface area contributed by atoms with Crippen molar-refractivity contribution in [3.63, 3.8) is 0 Å². The van der Waals surface area contributed by atoms with E-state index in [1.165, 1.54) is 0 Å². The lowest BCUT2D eigenvalue weighted by Crippen LogP contribution is -2.24. The van der Waals surface area contributed by atoms with E-state index in [0.29, 0.717) is 41.3 Å². The van der Waals surface area contributed by atoms with Gasteiger partial charge in [0.2, 0.25) is 0 Å². The molecule has 0 amide bonds. The third-order valence-electron chi connectivity index (χ3n) is 3.59. The smallest absolute Gasteiger partial charge is 0.250 e. The second-order valence-electron chi connectivity index (χ2n) is 5.66. The molecule has 1 aromatic heterocycles. The summed E-state index contributed by atoms with van der Waals surface area (Å²) < 4.78 is 16.3. The Bertz CT molecular complexity index is 720. The van der Waals surface area contributed by atoms with Crippen LogP contribution in [0.3, 0.4) is 0 Å². The van der Waals surface area contributed by atoms with Crippen LogP contribution < -0.4 is 14.8 Å². The minimum Gasteiger partial charge on any atom is -0.493 e. The quantitative estimate of drug-likeness (QED) is 0.676. The summed E-state index contributed by atoms with van der Waals surface area (Å²) in [7, 11) is 3.49. The van der Waals surface area contributed by atoms with Gasteiger partial charge in [0.15, 0.2) is 17.3 Å². The molecule has 0 bridgehead atoms. The third-order valence-corrected chi connectivity index (χ3v) is 3.87. The maximum absolute atomic E-state index is 6.31. The average molecular weight is 402 g/mol. The summed E-state index contributed by atoms with van der Waals surface area (Å²) in [6, 6.07) is 3.95. The number of hydrogen-bond donors (Lipinski definition) is 1. The maximum atomic E-state index is 6.31. The minimum atomic E-state index is 0. The van der Waals surface area contributed by atoms with Gasteiger partial charge in [-0.15, -0.1) is 12.4 Å². The van der Waals surface area contributed by atoms with E-state index in [4.69, 9.17) is 25.6 Å². The number of ether oxygens (including phenoxy) is 2. The highest BCUT2D eigenvalue weighted by molar-refractivity contribution is 6.32. The van der Waals surface area contributed by atoms with Gasteiger partial charge in [-0.25, -0.2) is 0 Å². The summed E-state index contributed by atoms with van der Waals surface area (Å²) in [6.07, 6.45) is 5.19. The SMILES string of the molecule is CCCOc1c(Cl)cc(/C=C/c2nc(CC(C)NC)no2)cc1OC.Cl. The second-order valence-corrected chi connectivity index (χ2v) is 6.07. The van der Waals surface area contributed by atoms with Crippen LogP contribution >= 0.6 is 24.0 Å². The van der Waals surface area contributed by atoms with E-state index in [-0.39, 0.29) is 18.4 Å². The molecular formula is C18H25Cl2N3O3. The first-order valence-electron chi connectivity index (χ1n) is 8.25. The number of rotatable bonds is 9. The molecule has 2 rings (SSSR count). The third kappa shape index (κ3) is 6.20. The summed E-state index contributed by atoms with van der Waals surface area (Å²) >= 11 is 6.31. The summed E-state index contributed by atoms with van der Waals surface area (Å²) in [6.45, 7) is 4.68. The summed E-state index contributed by atoms with van der Waals surface area (Å²) in [5.41, 5.74) is 0.856. The summed E-state index contributed by atoms with van der Waals surface area (Å²) in [5, 5.41) is 7.61. The Kier molecular flexibility index (Phi) is 9.48. The van der Waals surface area contributed by atoms with Gasteiger partial charge in [-0.1, -0.05) is 23.7 Å². The molecular weight excluding hydrogens is 377 g/mol. The van der Waals surface area contributed by atoms with Crippen molar-refractivity contribution in [3.05, 3.63) is 34.4 Å². The van der Waals surface area contributed by atoms with Crippen LogP contribution in [0.2, 0.25) is 5.02 Å². The number of nitrogens with zero attached hydrogens (tertiary/aromatic N) is 2. The molecule has 1 heterocycles. The molecule has 26 heavy (non-hydrogen) atoms. The van der Waals surface area contributed by atoms with Gasteiger partial charge in [0.05, 0.1) is 18.7 Å². The van der Waals surface area contributed by atoms with Crippen LogP contribution in [0.5, 0.6) is 11.5 Å². The van der Waals surface area contributed by atoms with Crippen molar-refractivity contribution in [1.29, 1.82) is 0 Å². The largest absolute Gasteiger partial charge is 0.493 e. The lowest BCUT2D eigenvalue weighted by atomic mass is 10.2.